The number of hydrogen-bond acceptors (Lipinski definition) is 4. The molecular formula is C31H36ClN3O4S. The molecule has 1 aliphatic carbocycles. The van der Waals surface area contributed by atoms with Crippen molar-refractivity contribution in [3.8, 4) is 0 Å². The third kappa shape index (κ3) is 7.04. The Morgan fingerprint density at radius 2 is 1.57 bits per heavy atom. The van der Waals surface area contributed by atoms with E-state index in [2.05, 4.69) is 5.32 Å². The Kier molecular flexibility index (Phi) is 9.53. The van der Waals surface area contributed by atoms with E-state index in [1.54, 1.807) is 31.2 Å². The van der Waals surface area contributed by atoms with E-state index in [9.17, 15) is 18.0 Å². The number of carbonyl (C=O) groups is 2. The highest BCUT2D eigenvalue weighted by molar-refractivity contribution is 7.92. The predicted octanol–water partition coefficient (Wildman–Crippen LogP) is 5.63. The molecule has 1 aliphatic rings. The summed E-state index contributed by atoms with van der Waals surface area (Å²) in [6.45, 7) is 5.26. The number of aryl methyl sites for hydroxylation is 2. The van der Waals surface area contributed by atoms with E-state index in [-0.39, 0.29) is 23.4 Å². The molecular weight excluding hydrogens is 546 g/mol. The van der Waals surface area contributed by atoms with Gasteiger partial charge in [-0.05, 0) is 81.1 Å². The summed E-state index contributed by atoms with van der Waals surface area (Å²) in [6.07, 6.45) is 3.98. The summed E-state index contributed by atoms with van der Waals surface area (Å²) in [5.41, 5.74) is 3.18. The molecule has 3 aromatic carbocycles. The van der Waals surface area contributed by atoms with Crippen molar-refractivity contribution in [1.29, 1.82) is 0 Å². The first kappa shape index (κ1) is 29.6. The third-order valence-electron chi connectivity index (χ3n) is 7.47. The van der Waals surface area contributed by atoms with Gasteiger partial charge >= 0.3 is 0 Å². The lowest BCUT2D eigenvalue weighted by Crippen LogP contribution is -2.52. The van der Waals surface area contributed by atoms with Gasteiger partial charge in [0.2, 0.25) is 11.8 Å². The molecule has 1 fully saturated rings. The van der Waals surface area contributed by atoms with E-state index in [1.165, 1.54) is 29.2 Å². The van der Waals surface area contributed by atoms with E-state index in [4.69, 9.17) is 11.6 Å². The fourth-order valence-corrected chi connectivity index (χ4v) is 6.46. The summed E-state index contributed by atoms with van der Waals surface area (Å²) in [7, 11) is -4.13. The minimum Gasteiger partial charge on any atom is -0.352 e. The summed E-state index contributed by atoms with van der Waals surface area (Å²) >= 11 is 6.01. The van der Waals surface area contributed by atoms with Gasteiger partial charge in [0.15, 0.2) is 0 Å². The molecule has 0 aliphatic heterocycles. The van der Waals surface area contributed by atoms with Crippen LogP contribution in [0.5, 0.6) is 0 Å². The molecule has 212 valence electrons. The number of hydrogen-bond donors (Lipinski definition) is 1. The van der Waals surface area contributed by atoms with Crippen LogP contribution in [0.3, 0.4) is 0 Å². The van der Waals surface area contributed by atoms with Crippen molar-refractivity contribution in [2.45, 2.75) is 70.0 Å². The van der Waals surface area contributed by atoms with Crippen LogP contribution < -0.4 is 9.62 Å². The molecule has 1 N–H and O–H groups in total. The molecule has 0 radical (unpaired) electrons. The monoisotopic (exact) mass is 581 g/mol. The quantitative estimate of drug-likeness (QED) is 0.336. The van der Waals surface area contributed by atoms with Crippen LogP contribution in [-0.2, 0) is 26.2 Å². The topological polar surface area (TPSA) is 86.8 Å². The first-order valence-electron chi connectivity index (χ1n) is 13.6. The maximum atomic E-state index is 14.0. The Hall–Kier alpha value is -3.36. The summed E-state index contributed by atoms with van der Waals surface area (Å²) in [5.74, 6) is -0.716. The minimum atomic E-state index is -4.13. The largest absolute Gasteiger partial charge is 0.352 e. The van der Waals surface area contributed by atoms with E-state index >= 15 is 0 Å². The van der Waals surface area contributed by atoms with Gasteiger partial charge in [0.1, 0.15) is 12.6 Å². The molecule has 0 unspecified atom stereocenters. The molecule has 3 aromatic rings. The van der Waals surface area contributed by atoms with Crippen molar-refractivity contribution in [2.24, 2.45) is 0 Å². The number of rotatable bonds is 10. The molecule has 0 bridgehead atoms. The zero-order valence-electron chi connectivity index (χ0n) is 23.1. The lowest BCUT2D eigenvalue weighted by molar-refractivity contribution is -0.139. The molecule has 1 saturated carbocycles. The molecule has 9 heteroatoms. The standard InChI is InChI=1S/C31H36ClN3O4S/c1-22-12-16-28(17-13-22)35(40(38,39)29-18-14-26(32)15-19-29)21-30(36)34(20-25-9-5-4-8-23(25)2)24(3)31(37)33-27-10-6-7-11-27/h4-5,8-9,12-19,24,27H,6-7,10-11,20-21H2,1-3H3,(H,33,37)/t24-/m0/s1. The van der Waals surface area contributed by atoms with E-state index in [0.717, 1.165) is 46.7 Å². The van der Waals surface area contributed by atoms with E-state index < -0.39 is 28.5 Å². The molecule has 40 heavy (non-hydrogen) atoms. The summed E-state index contributed by atoms with van der Waals surface area (Å²) < 4.78 is 28.8. The van der Waals surface area contributed by atoms with Crippen LogP contribution in [0.2, 0.25) is 5.02 Å². The van der Waals surface area contributed by atoms with Crippen LogP contribution in [0.15, 0.2) is 77.7 Å². The summed E-state index contributed by atoms with van der Waals surface area (Å²) in [6, 6.07) is 19.8. The number of nitrogens with zero attached hydrogens (tertiary/aromatic N) is 2. The average molecular weight is 582 g/mol. The first-order chi connectivity index (χ1) is 19.1. The van der Waals surface area contributed by atoms with Crippen molar-refractivity contribution in [3.05, 3.63) is 94.5 Å². The summed E-state index contributed by atoms with van der Waals surface area (Å²) in [5, 5.41) is 3.50. The van der Waals surface area contributed by atoms with Crippen LogP contribution in [-0.4, -0.2) is 43.8 Å². The van der Waals surface area contributed by atoms with Crippen molar-refractivity contribution < 1.29 is 18.0 Å². The summed E-state index contributed by atoms with van der Waals surface area (Å²) in [4.78, 5) is 28.9. The van der Waals surface area contributed by atoms with Gasteiger partial charge in [-0.3, -0.25) is 13.9 Å². The highest BCUT2D eigenvalue weighted by Gasteiger charge is 2.33. The fourth-order valence-electron chi connectivity index (χ4n) is 4.92. The van der Waals surface area contributed by atoms with Crippen LogP contribution in [0.1, 0.15) is 49.3 Å². The molecule has 7 nitrogen and oxygen atoms in total. The SMILES string of the molecule is Cc1ccc(N(CC(=O)N(Cc2ccccc2C)[C@@H](C)C(=O)NC2CCCC2)S(=O)(=O)c2ccc(Cl)cc2)cc1. The normalized spacial score (nSPS) is 14.5. The highest BCUT2D eigenvalue weighted by atomic mass is 35.5. The first-order valence-corrected chi connectivity index (χ1v) is 15.4. The molecule has 2 amide bonds. The van der Waals surface area contributed by atoms with Crippen LogP contribution in [0.25, 0.3) is 0 Å². The molecule has 1 atom stereocenters. The van der Waals surface area contributed by atoms with Gasteiger partial charge in [-0.25, -0.2) is 8.42 Å². The van der Waals surface area contributed by atoms with Crippen LogP contribution >= 0.6 is 11.6 Å². The Bertz CT molecular complexity index is 1440. The highest BCUT2D eigenvalue weighted by Crippen LogP contribution is 2.26. The predicted molar refractivity (Wildman–Crippen MR) is 159 cm³/mol. The van der Waals surface area contributed by atoms with Crippen molar-refractivity contribution in [3.63, 3.8) is 0 Å². The van der Waals surface area contributed by atoms with Crippen molar-refractivity contribution in [1.82, 2.24) is 10.2 Å². The van der Waals surface area contributed by atoms with Crippen molar-refractivity contribution in [2.75, 3.05) is 10.8 Å². The van der Waals surface area contributed by atoms with Gasteiger partial charge in [0.25, 0.3) is 10.0 Å². The maximum absolute atomic E-state index is 14.0. The minimum absolute atomic E-state index is 0.0164. The second-order valence-electron chi connectivity index (χ2n) is 10.4. The Balaban J connectivity index is 1.69. The Labute approximate surface area is 242 Å². The van der Waals surface area contributed by atoms with Crippen molar-refractivity contribution >= 4 is 39.1 Å². The van der Waals surface area contributed by atoms with Gasteiger partial charge in [-0.15, -0.1) is 0 Å². The number of sulfonamides is 1. The molecule has 0 heterocycles. The zero-order chi connectivity index (χ0) is 28.9. The number of halogens is 1. The number of carbonyl (C=O) groups excluding carboxylic acids is 2. The fraction of sp³-hybridized carbons (Fsp3) is 0.355. The lowest BCUT2D eigenvalue weighted by atomic mass is 10.1. The Morgan fingerprint density at radius 3 is 2.20 bits per heavy atom. The molecule has 0 saturated heterocycles. The number of amides is 2. The number of benzene rings is 3. The third-order valence-corrected chi connectivity index (χ3v) is 9.51. The molecule has 4 rings (SSSR count). The number of nitrogens with one attached hydrogen (secondary N) is 1. The van der Waals surface area contributed by atoms with Gasteiger partial charge in [-0.2, -0.15) is 0 Å². The smallest absolute Gasteiger partial charge is 0.264 e. The van der Waals surface area contributed by atoms with Gasteiger partial charge in [0, 0.05) is 17.6 Å². The van der Waals surface area contributed by atoms with Gasteiger partial charge in [-0.1, -0.05) is 66.4 Å². The molecule has 0 aromatic heterocycles. The second kappa shape index (κ2) is 12.9. The Morgan fingerprint density at radius 1 is 0.950 bits per heavy atom. The number of anilines is 1. The molecule has 0 spiro atoms. The van der Waals surface area contributed by atoms with E-state index in [1.807, 2.05) is 38.1 Å². The van der Waals surface area contributed by atoms with E-state index in [0.29, 0.717) is 10.7 Å². The second-order valence-corrected chi connectivity index (χ2v) is 12.7. The maximum Gasteiger partial charge on any atom is 0.264 e. The van der Waals surface area contributed by atoms with Gasteiger partial charge < -0.3 is 10.2 Å². The zero-order valence-corrected chi connectivity index (χ0v) is 24.7. The average Bonchev–Trinajstić information content (AvgIpc) is 3.44. The van der Waals surface area contributed by atoms with Gasteiger partial charge in [0.05, 0.1) is 10.6 Å². The van der Waals surface area contributed by atoms with Crippen LogP contribution in [0, 0.1) is 13.8 Å². The lowest BCUT2D eigenvalue weighted by Gasteiger charge is -2.33. The van der Waals surface area contributed by atoms with Crippen LogP contribution in [0.4, 0.5) is 5.69 Å².